The summed E-state index contributed by atoms with van der Waals surface area (Å²) < 4.78 is 11.0. The summed E-state index contributed by atoms with van der Waals surface area (Å²) in [5.74, 6) is 0.576. The summed E-state index contributed by atoms with van der Waals surface area (Å²) in [6.45, 7) is 3.08. The van der Waals surface area contributed by atoms with E-state index < -0.39 is 0 Å². The van der Waals surface area contributed by atoms with Gasteiger partial charge in [0, 0.05) is 25.8 Å². The van der Waals surface area contributed by atoms with Crippen LogP contribution in [0.3, 0.4) is 0 Å². The molecule has 1 saturated carbocycles. The lowest BCUT2D eigenvalue weighted by Crippen LogP contribution is -2.33. The summed E-state index contributed by atoms with van der Waals surface area (Å²) in [6.07, 6.45) is 5.99. The first-order valence-electron chi connectivity index (χ1n) is 6.60. The highest BCUT2D eigenvalue weighted by Gasteiger charge is 2.21. The largest absolute Gasteiger partial charge is 0.379 e. The van der Waals surface area contributed by atoms with Crippen LogP contribution in [0.1, 0.15) is 32.1 Å². The molecule has 2 rings (SSSR count). The predicted octanol–water partition coefficient (Wildman–Crippen LogP) is 0.639. The third-order valence-electron chi connectivity index (χ3n) is 2.99. The number of hydrogen-bond acceptors (Lipinski definition) is 3. The van der Waals surface area contributed by atoms with Gasteiger partial charge in [0.2, 0.25) is 0 Å². The Bertz CT molecular complexity index is 248. The van der Waals surface area contributed by atoms with E-state index in [-0.39, 0.29) is 0 Å². The van der Waals surface area contributed by atoms with Crippen LogP contribution in [0.2, 0.25) is 0 Å². The highest BCUT2D eigenvalue weighted by Crippen LogP contribution is 2.17. The smallest absolute Gasteiger partial charge is 0.188 e. The molecular formula is C12H23N3O2. The maximum Gasteiger partial charge on any atom is 0.188 e. The molecule has 0 spiro atoms. The molecule has 1 aliphatic heterocycles. The zero-order chi connectivity index (χ0) is 11.9. The quantitative estimate of drug-likeness (QED) is 0.390. The lowest BCUT2D eigenvalue weighted by Gasteiger charge is -2.09. The van der Waals surface area contributed by atoms with Crippen molar-refractivity contribution >= 4 is 5.96 Å². The highest BCUT2D eigenvalue weighted by molar-refractivity contribution is 5.78. The van der Waals surface area contributed by atoms with Crippen molar-refractivity contribution < 1.29 is 9.47 Å². The SMILES string of the molecule is NC(=NCCCOCC1CCCO1)NC1CC1. The van der Waals surface area contributed by atoms with Gasteiger partial charge in [-0.2, -0.15) is 0 Å². The Hall–Kier alpha value is -0.810. The highest BCUT2D eigenvalue weighted by atomic mass is 16.5. The fourth-order valence-corrected chi connectivity index (χ4v) is 1.84. The summed E-state index contributed by atoms with van der Waals surface area (Å²) >= 11 is 0. The van der Waals surface area contributed by atoms with E-state index in [0.717, 1.165) is 39.2 Å². The van der Waals surface area contributed by atoms with Gasteiger partial charge in [-0.1, -0.05) is 0 Å². The van der Waals surface area contributed by atoms with Gasteiger partial charge in [-0.25, -0.2) is 0 Å². The van der Waals surface area contributed by atoms with E-state index in [1.165, 1.54) is 19.3 Å². The van der Waals surface area contributed by atoms with Gasteiger partial charge in [0.15, 0.2) is 5.96 Å². The van der Waals surface area contributed by atoms with E-state index in [1.807, 2.05) is 0 Å². The van der Waals surface area contributed by atoms with Gasteiger partial charge in [-0.15, -0.1) is 0 Å². The molecule has 5 heteroatoms. The summed E-state index contributed by atoms with van der Waals surface area (Å²) in [5, 5.41) is 3.16. The van der Waals surface area contributed by atoms with Gasteiger partial charge in [0.25, 0.3) is 0 Å². The summed E-state index contributed by atoms with van der Waals surface area (Å²) in [4.78, 5) is 4.25. The molecule has 1 saturated heterocycles. The summed E-state index contributed by atoms with van der Waals surface area (Å²) in [7, 11) is 0. The van der Waals surface area contributed by atoms with Crippen LogP contribution >= 0.6 is 0 Å². The van der Waals surface area contributed by atoms with Gasteiger partial charge in [0.1, 0.15) is 0 Å². The number of nitrogens with one attached hydrogen (secondary N) is 1. The second kappa shape index (κ2) is 6.81. The Kier molecular flexibility index (Phi) is 5.07. The van der Waals surface area contributed by atoms with E-state index in [2.05, 4.69) is 10.3 Å². The fourth-order valence-electron chi connectivity index (χ4n) is 1.84. The molecule has 17 heavy (non-hydrogen) atoms. The molecule has 0 aromatic rings. The molecule has 0 radical (unpaired) electrons. The van der Waals surface area contributed by atoms with Crippen LogP contribution < -0.4 is 11.1 Å². The van der Waals surface area contributed by atoms with Gasteiger partial charge in [0.05, 0.1) is 12.7 Å². The maximum absolute atomic E-state index is 5.71. The molecule has 3 N–H and O–H groups in total. The van der Waals surface area contributed by atoms with E-state index in [0.29, 0.717) is 18.1 Å². The minimum absolute atomic E-state index is 0.320. The van der Waals surface area contributed by atoms with Crippen molar-refractivity contribution in [3.05, 3.63) is 0 Å². The third-order valence-corrected chi connectivity index (χ3v) is 2.99. The van der Waals surface area contributed by atoms with Crippen molar-refractivity contribution in [1.29, 1.82) is 0 Å². The van der Waals surface area contributed by atoms with Crippen LogP contribution in [0.4, 0.5) is 0 Å². The summed E-state index contributed by atoms with van der Waals surface area (Å²) in [5.41, 5.74) is 5.71. The molecule has 1 aliphatic carbocycles. The first kappa shape index (κ1) is 12.6. The van der Waals surface area contributed by atoms with Crippen molar-refractivity contribution in [3.8, 4) is 0 Å². The molecule has 2 fully saturated rings. The van der Waals surface area contributed by atoms with Gasteiger partial charge in [-0.3, -0.25) is 4.99 Å². The van der Waals surface area contributed by atoms with Gasteiger partial charge in [-0.05, 0) is 32.1 Å². The second-order valence-electron chi connectivity index (χ2n) is 4.75. The Morgan fingerprint density at radius 3 is 3.00 bits per heavy atom. The van der Waals surface area contributed by atoms with E-state index in [9.17, 15) is 0 Å². The number of rotatable bonds is 7. The number of guanidine groups is 1. The Labute approximate surface area is 103 Å². The van der Waals surface area contributed by atoms with Gasteiger partial charge >= 0.3 is 0 Å². The number of aliphatic imine (C=N–C) groups is 1. The first-order valence-corrected chi connectivity index (χ1v) is 6.60. The maximum atomic E-state index is 5.71. The predicted molar refractivity (Wildman–Crippen MR) is 67.1 cm³/mol. The Morgan fingerprint density at radius 2 is 2.29 bits per heavy atom. The molecular weight excluding hydrogens is 218 g/mol. The van der Waals surface area contributed by atoms with Crippen molar-refractivity contribution in [2.24, 2.45) is 10.7 Å². The van der Waals surface area contributed by atoms with Crippen LogP contribution in [0.15, 0.2) is 4.99 Å². The second-order valence-corrected chi connectivity index (χ2v) is 4.75. The minimum atomic E-state index is 0.320. The van der Waals surface area contributed by atoms with E-state index >= 15 is 0 Å². The number of nitrogens with two attached hydrogens (primary N) is 1. The van der Waals surface area contributed by atoms with E-state index in [1.54, 1.807) is 0 Å². The normalized spacial score (nSPS) is 25.2. The van der Waals surface area contributed by atoms with Crippen LogP contribution in [0, 0.1) is 0 Å². The lowest BCUT2D eigenvalue weighted by atomic mass is 10.2. The Morgan fingerprint density at radius 1 is 1.41 bits per heavy atom. The van der Waals surface area contributed by atoms with Crippen molar-refractivity contribution in [2.45, 2.75) is 44.2 Å². The molecule has 2 aliphatic rings. The number of nitrogens with zero attached hydrogens (tertiary/aromatic N) is 1. The monoisotopic (exact) mass is 241 g/mol. The molecule has 0 aromatic carbocycles. The first-order chi connectivity index (χ1) is 8.34. The van der Waals surface area contributed by atoms with Crippen molar-refractivity contribution in [2.75, 3.05) is 26.4 Å². The van der Waals surface area contributed by atoms with Crippen molar-refractivity contribution in [3.63, 3.8) is 0 Å². The zero-order valence-corrected chi connectivity index (χ0v) is 10.4. The van der Waals surface area contributed by atoms with Gasteiger partial charge < -0.3 is 20.5 Å². The fraction of sp³-hybridized carbons (Fsp3) is 0.917. The zero-order valence-electron chi connectivity index (χ0n) is 10.4. The van der Waals surface area contributed by atoms with Crippen LogP contribution in [0.5, 0.6) is 0 Å². The van der Waals surface area contributed by atoms with Crippen LogP contribution in [-0.4, -0.2) is 44.5 Å². The van der Waals surface area contributed by atoms with Crippen LogP contribution in [0.25, 0.3) is 0 Å². The standard InChI is InChI=1S/C12H23N3O2/c13-12(15-10-4-5-10)14-6-2-7-16-9-11-3-1-8-17-11/h10-11H,1-9H2,(H3,13,14,15). The molecule has 1 unspecified atom stereocenters. The third kappa shape index (κ3) is 5.37. The molecule has 1 heterocycles. The molecule has 1 atom stereocenters. The lowest BCUT2D eigenvalue weighted by molar-refractivity contribution is 0.0171. The molecule has 5 nitrogen and oxygen atoms in total. The number of ether oxygens (including phenoxy) is 2. The topological polar surface area (TPSA) is 68.9 Å². The molecule has 0 aromatic heterocycles. The van der Waals surface area contributed by atoms with E-state index in [4.69, 9.17) is 15.2 Å². The molecule has 0 bridgehead atoms. The molecule has 98 valence electrons. The van der Waals surface area contributed by atoms with Crippen molar-refractivity contribution in [1.82, 2.24) is 5.32 Å². The molecule has 0 amide bonds. The average molecular weight is 241 g/mol. The Balaban J connectivity index is 1.42. The number of hydrogen-bond donors (Lipinski definition) is 2. The summed E-state index contributed by atoms with van der Waals surface area (Å²) in [6, 6.07) is 0.578. The van der Waals surface area contributed by atoms with Crippen LogP contribution in [-0.2, 0) is 9.47 Å². The average Bonchev–Trinajstić information content (AvgIpc) is 2.96. The minimum Gasteiger partial charge on any atom is -0.379 e.